The minimum absolute atomic E-state index is 0.0989. The summed E-state index contributed by atoms with van der Waals surface area (Å²) in [4.78, 5) is 26.9. The van der Waals surface area contributed by atoms with Crippen LogP contribution in [0.5, 0.6) is 0 Å². The number of nitriles is 1. The lowest BCUT2D eigenvalue weighted by molar-refractivity contribution is -0.0373. The standard InChI is InChI=1S/C25H45N4O6PSi/c1-11-19-21(34-36(32-16-12-14-26)29(17(2)3)18(4)5)22(35-37(9,10)25(6,7)8)23(33-19)28-15-13-20(30)27-24(28)31/h13,15,17-19,21-23H,11-12,16H2,1-10H3,(H,27,30,31)/t19-,21+,22?,23-,36?/m1/s1. The summed E-state index contributed by atoms with van der Waals surface area (Å²) in [5.74, 6) is 0. The molecule has 2 rings (SSSR count). The number of nitrogens with one attached hydrogen (secondary N) is 1. The van der Waals surface area contributed by atoms with Crippen LogP contribution in [-0.2, 0) is 18.2 Å². The van der Waals surface area contributed by atoms with E-state index in [1.807, 2.05) is 6.92 Å². The Labute approximate surface area is 223 Å². The molecule has 0 bridgehead atoms. The van der Waals surface area contributed by atoms with Crippen molar-refractivity contribution >= 4 is 16.8 Å². The predicted molar refractivity (Wildman–Crippen MR) is 148 cm³/mol. The van der Waals surface area contributed by atoms with E-state index in [2.05, 4.69) is 77.3 Å². The van der Waals surface area contributed by atoms with Crippen LogP contribution in [-0.4, -0.2) is 59.5 Å². The Morgan fingerprint density at radius 2 is 1.84 bits per heavy atom. The van der Waals surface area contributed by atoms with Gasteiger partial charge in [0.1, 0.15) is 12.2 Å². The third-order valence-corrected chi connectivity index (χ3v) is 13.5. The monoisotopic (exact) mass is 556 g/mol. The average molecular weight is 557 g/mol. The highest BCUT2D eigenvalue weighted by Gasteiger charge is 2.52. The van der Waals surface area contributed by atoms with Crippen LogP contribution in [0.15, 0.2) is 21.9 Å². The van der Waals surface area contributed by atoms with Gasteiger partial charge in [0.2, 0.25) is 0 Å². The van der Waals surface area contributed by atoms with Gasteiger partial charge >= 0.3 is 5.69 Å². The zero-order valence-electron chi connectivity index (χ0n) is 24.0. The molecular weight excluding hydrogens is 511 g/mol. The van der Waals surface area contributed by atoms with Crippen molar-refractivity contribution in [1.82, 2.24) is 14.2 Å². The molecule has 0 saturated carbocycles. The largest absolute Gasteiger partial charge is 0.407 e. The van der Waals surface area contributed by atoms with Gasteiger partial charge in [0.25, 0.3) is 14.1 Å². The van der Waals surface area contributed by atoms with Crippen molar-refractivity contribution in [2.24, 2.45) is 0 Å². The van der Waals surface area contributed by atoms with Crippen molar-refractivity contribution in [3.05, 3.63) is 33.1 Å². The quantitative estimate of drug-likeness (QED) is 0.219. The summed E-state index contributed by atoms with van der Waals surface area (Å²) in [6.07, 6.45) is 0.0335. The van der Waals surface area contributed by atoms with Gasteiger partial charge in [0.15, 0.2) is 14.5 Å². The third kappa shape index (κ3) is 7.82. The maximum Gasteiger partial charge on any atom is 0.330 e. The predicted octanol–water partition coefficient (Wildman–Crippen LogP) is 4.90. The van der Waals surface area contributed by atoms with Gasteiger partial charge in [-0.25, -0.2) is 9.46 Å². The number of aromatic amines is 1. The average Bonchev–Trinajstić information content (AvgIpc) is 3.09. The molecule has 5 atom stereocenters. The fourth-order valence-corrected chi connectivity index (χ4v) is 7.11. The molecule has 2 heterocycles. The van der Waals surface area contributed by atoms with Gasteiger partial charge in [0.05, 0.1) is 25.2 Å². The lowest BCUT2D eigenvalue weighted by Crippen LogP contribution is -2.50. The first-order chi connectivity index (χ1) is 17.1. The molecule has 1 N–H and O–H groups in total. The zero-order valence-corrected chi connectivity index (χ0v) is 25.9. The number of ether oxygens (including phenoxy) is 1. The highest BCUT2D eigenvalue weighted by molar-refractivity contribution is 7.44. The summed E-state index contributed by atoms with van der Waals surface area (Å²) in [5, 5.41) is 8.98. The SMILES string of the molecule is CC[C@H]1O[C@@H](n2ccc(=O)[nH]c2=O)C(O[Si](C)(C)C(C)(C)C)[C@H]1OP(OCCC#N)N(C(C)C)C(C)C. The van der Waals surface area contributed by atoms with Crippen molar-refractivity contribution in [3.8, 4) is 6.07 Å². The van der Waals surface area contributed by atoms with E-state index in [0.717, 1.165) is 0 Å². The van der Waals surface area contributed by atoms with Gasteiger partial charge in [-0.2, -0.15) is 5.26 Å². The topological polar surface area (TPSA) is 119 Å². The van der Waals surface area contributed by atoms with Crippen LogP contribution in [0.25, 0.3) is 0 Å². The second kappa shape index (κ2) is 13.1. The number of H-pyrrole nitrogens is 1. The first kappa shape index (κ1) is 31.8. The van der Waals surface area contributed by atoms with E-state index >= 15 is 0 Å². The fraction of sp³-hybridized carbons (Fsp3) is 0.800. The van der Waals surface area contributed by atoms with Crippen LogP contribution in [0.3, 0.4) is 0 Å². The Balaban J connectivity index is 2.58. The van der Waals surface area contributed by atoms with Gasteiger partial charge in [0, 0.05) is 24.3 Å². The van der Waals surface area contributed by atoms with E-state index in [9.17, 15) is 9.59 Å². The molecule has 0 spiro atoms. The molecule has 37 heavy (non-hydrogen) atoms. The van der Waals surface area contributed by atoms with Crippen LogP contribution in [0, 0.1) is 11.3 Å². The highest BCUT2D eigenvalue weighted by atomic mass is 31.2. The maximum absolute atomic E-state index is 12.8. The van der Waals surface area contributed by atoms with E-state index in [-0.39, 0.29) is 36.3 Å². The zero-order chi connectivity index (χ0) is 28.1. The number of nitrogens with zero attached hydrogens (tertiary/aromatic N) is 3. The van der Waals surface area contributed by atoms with Crippen molar-refractivity contribution in [3.63, 3.8) is 0 Å². The molecule has 12 heteroatoms. The minimum atomic E-state index is -2.35. The Bertz CT molecular complexity index is 1020. The van der Waals surface area contributed by atoms with Crippen molar-refractivity contribution < 1.29 is 18.2 Å². The Morgan fingerprint density at radius 1 is 1.22 bits per heavy atom. The van der Waals surface area contributed by atoms with Gasteiger partial charge in [-0.3, -0.25) is 14.3 Å². The number of rotatable bonds is 12. The van der Waals surface area contributed by atoms with Gasteiger partial charge in [-0.15, -0.1) is 0 Å². The van der Waals surface area contributed by atoms with E-state index in [0.29, 0.717) is 6.42 Å². The van der Waals surface area contributed by atoms with Crippen molar-refractivity contribution in [1.29, 1.82) is 5.26 Å². The molecule has 0 radical (unpaired) electrons. The minimum Gasteiger partial charge on any atom is -0.407 e. The molecule has 1 aromatic heterocycles. The molecule has 1 saturated heterocycles. The lowest BCUT2D eigenvalue weighted by Gasteiger charge is -2.42. The van der Waals surface area contributed by atoms with Crippen LogP contribution in [0.1, 0.15) is 74.5 Å². The number of hydrogen-bond donors (Lipinski definition) is 1. The molecule has 0 aliphatic carbocycles. The number of aromatic nitrogens is 2. The molecule has 1 aliphatic heterocycles. The van der Waals surface area contributed by atoms with Crippen molar-refractivity contribution in [2.45, 2.75) is 123 Å². The summed E-state index contributed by atoms with van der Waals surface area (Å²) in [6.45, 7) is 21.3. The van der Waals surface area contributed by atoms with Gasteiger partial charge in [-0.1, -0.05) is 27.7 Å². The second-order valence-electron chi connectivity index (χ2n) is 11.5. The normalized spacial score (nSPS) is 23.7. The molecule has 1 aliphatic rings. The molecule has 0 aromatic carbocycles. The fourth-order valence-electron chi connectivity index (χ4n) is 4.06. The first-order valence-corrected chi connectivity index (χ1v) is 17.1. The van der Waals surface area contributed by atoms with Crippen molar-refractivity contribution in [2.75, 3.05) is 6.61 Å². The van der Waals surface area contributed by atoms with E-state index < -0.39 is 46.5 Å². The number of hydrogen-bond acceptors (Lipinski definition) is 8. The Morgan fingerprint density at radius 3 is 2.32 bits per heavy atom. The highest BCUT2D eigenvalue weighted by Crippen LogP contribution is 2.51. The summed E-state index contributed by atoms with van der Waals surface area (Å²) < 4.78 is 29.8. The van der Waals surface area contributed by atoms with E-state index in [4.69, 9.17) is 23.5 Å². The molecule has 0 amide bonds. The molecule has 2 unspecified atom stereocenters. The van der Waals surface area contributed by atoms with E-state index in [1.54, 1.807) is 0 Å². The smallest absolute Gasteiger partial charge is 0.330 e. The lowest BCUT2D eigenvalue weighted by atomic mass is 10.1. The van der Waals surface area contributed by atoms with Gasteiger partial charge < -0.3 is 18.2 Å². The molecular formula is C25H45N4O6PSi. The van der Waals surface area contributed by atoms with Crippen LogP contribution >= 0.6 is 8.53 Å². The Kier molecular flexibility index (Phi) is 11.3. The second-order valence-corrected chi connectivity index (χ2v) is 17.6. The Hall–Kier alpha value is -1.38. The molecule has 1 aromatic rings. The summed E-state index contributed by atoms with van der Waals surface area (Å²) in [6, 6.07) is 3.70. The maximum atomic E-state index is 12.8. The summed E-state index contributed by atoms with van der Waals surface area (Å²) >= 11 is 0. The van der Waals surface area contributed by atoms with Crippen LogP contribution in [0.2, 0.25) is 18.1 Å². The van der Waals surface area contributed by atoms with Gasteiger partial charge in [-0.05, 0) is 52.2 Å². The third-order valence-electron chi connectivity index (χ3n) is 6.92. The van der Waals surface area contributed by atoms with Crippen LogP contribution < -0.4 is 11.2 Å². The molecule has 1 fully saturated rings. The first-order valence-electron chi connectivity index (χ1n) is 13.0. The summed E-state index contributed by atoms with van der Waals surface area (Å²) in [7, 11) is -3.91. The van der Waals surface area contributed by atoms with Crippen LogP contribution in [0.4, 0.5) is 0 Å². The molecule has 210 valence electrons. The summed E-state index contributed by atoms with van der Waals surface area (Å²) in [5.41, 5.74) is -1.03. The molecule has 10 nitrogen and oxygen atoms in total. The van der Waals surface area contributed by atoms with E-state index in [1.165, 1.54) is 16.8 Å².